The number of nitrogens with one attached hydrogen (secondary N) is 1. The van der Waals surface area contributed by atoms with Crippen LogP contribution < -0.4 is 5.32 Å². The van der Waals surface area contributed by atoms with Crippen molar-refractivity contribution in [2.24, 2.45) is 0 Å². The topological polar surface area (TPSA) is 81.9 Å². The summed E-state index contributed by atoms with van der Waals surface area (Å²) in [5.41, 5.74) is 0.207. The number of rotatable bonds is 7. The number of hydrogen-bond acceptors (Lipinski definition) is 6. The normalized spacial score (nSPS) is 10.2. The summed E-state index contributed by atoms with van der Waals surface area (Å²) >= 11 is 0. The minimum Gasteiger partial charge on any atom is -0.464 e. The lowest BCUT2D eigenvalue weighted by atomic mass is 10.3. The fourth-order valence-corrected chi connectivity index (χ4v) is 1.69. The van der Waals surface area contributed by atoms with Gasteiger partial charge in [-0.2, -0.15) is 0 Å². The average molecular weight is 275 g/mol. The molecule has 0 unspecified atom stereocenters. The molecule has 0 amide bonds. The first-order valence-electron chi connectivity index (χ1n) is 6.41. The molecule has 0 radical (unpaired) electrons. The Morgan fingerprint density at radius 1 is 1.35 bits per heavy atom. The summed E-state index contributed by atoms with van der Waals surface area (Å²) in [4.78, 5) is 15.2. The highest BCUT2D eigenvalue weighted by atomic mass is 16.5. The number of ether oxygens (including phenoxy) is 1. The van der Waals surface area contributed by atoms with Gasteiger partial charge in [0, 0.05) is 25.5 Å². The van der Waals surface area contributed by atoms with E-state index < -0.39 is 5.97 Å². The molecule has 0 spiro atoms. The molecule has 20 heavy (non-hydrogen) atoms. The fourth-order valence-electron chi connectivity index (χ4n) is 1.69. The van der Waals surface area contributed by atoms with Crippen LogP contribution in [0, 0.1) is 0 Å². The number of unbranched alkanes of at least 4 members (excludes halogenated alkanes) is 1. The first-order chi connectivity index (χ1) is 9.79. The van der Waals surface area contributed by atoms with Crippen molar-refractivity contribution in [2.75, 3.05) is 19.0 Å². The Bertz CT molecular complexity index is 524. The molecule has 106 valence electrons. The Morgan fingerprint density at radius 3 is 2.90 bits per heavy atom. The van der Waals surface area contributed by atoms with Gasteiger partial charge in [-0.1, -0.05) is 0 Å². The summed E-state index contributed by atoms with van der Waals surface area (Å²) in [6.07, 6.45) is 7.60. The number of anilines is 1. The van der Waals surface area contributed by atoms with Gasteiger partial charge in [-0.15, -0.1) is 10.2 Å². The Hall–Kier alpha value is -2.44. The molecule has 7 nitrogen and oxygen atoms in total. The number of nitrogens with zero attached hydrogens (tertiary/aromatic N) is 4. The van der Waals surface area contributed by atoms with Crippen molar-refractivity contribution in [1.82, 2.24) is 19.7 Å². The van der Waals surface area contributed by atoms with Gasteiger partial charge in [-0.3, -0.25) is 0 Å². The van der Waals surface area contributed by atoms with Crippen LogP contribution in [0.3, 0.4) is 0 Å². The molecule has 0 saturated carbocycles. The van der Waals surface area contributed by atoms with E-state index in [-0.39, 0.29) is 5.69 Å². The SMILES string of the molecule is COC(=O)c1ccc(NCCCCn2ccnc2)nn1. The highest BCUT2D eigenvalue weighted by molar-refractivity contribution is 5.86. The van der Waals surface area contributed by atoms with Crippen molar-refractivity contribution >= 4 is 11.8 Å². The smallest absolute Gasteiger partial charge is 0.358 e. The van der Waals surface area contributed by atoms with Gasteiger partial charge in [0.2, 0.25) is 0 Å². The van der Waals surface area contributed by atoms with Crippen LogP contribution in [0.4, 0.5) is 5.82 Å². The molecule has 2 rings (SSSR count). The minimum atomic E-state index is -0.482. The maximum atomic E-state index is 11.2. The van der Waals surface area contributed by atoms with Gasteiger partial charge in [0.05, 0.1) is 13.4 Å². The van der Waals surface area contributed by atoms with E-state index in [0.29, 0.717) is 5.82 Å². The van der Waals surface area contributed by atoms with E-state index in [1.807, 2.05) is 17.1 Å². The molecule has 2 aromatic heterocycles. The van der Waals surface area contributed by atoms with E-state index in [0.717, 1.165) is 25.9 Å². The number of esters is 1. The van der Waals surface area contributed by atoms with Crippen LogP contribution in [-0.4, -0.2) is 39.4 Å². The predicted molar refractivity (Wildman–Crippen MR) is 73.3 cm³/mol. The largest absolute Gasteiger partial charge is 0.464 e. The monoisotopic (exact) mass is 275 g/mol. The third kappa shape index (κ3) is 4.04. The summed E-state index contributed by atoms with van der Waals surface area (Å²) in [6, 6.07) is 3.31. The van der Waals surface area contributed by atoms with Crippen LogP contribution in [-0.2, 0) is 11.3 Å². The van der Waals surface area contributed by atoms with Gasteiger partial charge in [-0.25, -0.2) is 9.78 Å². The molecule has 0 aliphatic carbocycles. The molecule has 7 heteroatoms. The van der Waals surface area contributed by atoms with Crippen LogP contribution in [0.2, 0.25) is 0 Å². The summed E-state index contributed by atoms with van der Waals surface area (Å²) in [5.74, 6) is 0.171. The second-order valence-electron chi connectivity index (χ2n) is 4.23. The first kappa shape index (κ1) is 14.0. The Balaban J connectivity index is 1.67. The Kier molecular flexibility index (Phi) is 5.05. The van der Waals surface area contributed by atoms with E-state index >= 15 is 0 Å². The van der Waals surface area contributed by atoms with Gasteiger partial charge in [0.15, 0.2) is 5.69 Å². The number of carbonyl (C=O) groups excluding carboxylic acids is 1. The number of aryl methyl sites for hydroxylation is 1. The number of imidazole rings is 1. The zero-order chi connectivity index (χ0) is 14.2. The standard InChI is InChI=1S/C13H17N5O2/c1-20-13(19)11-4-5-12(17-16-11)15-6-2-3-8-18-9-7-14-10-18/h4-5,7,9-10H,2-3,6,8H2,1H3,(H,15,17). The molecule has 2 aromatic rings. The molecule has 0 bridgehead atoms. The van der Waals surface area contributed by atoms with Crippen molar-refractivity contribution < 1.29 is 9.53 Å². The summed E-state index contributed by atoms with van der Waals surface area (Å²) < 4.78 is 6.60. The lowest BCUT2D eigenvalue weighted by Gasteiger charge is -2.05. The van der Waals surface area contributed by atoms with E-state index in [9.17, 15) is 4.79 Å². The first-order valence-corrected chi connectivity index (χ1v) is 6.41. The van der Waals surface area contributed by atoms with E-state index in [4.69, 9.17) is 0 Å². The van der Waals surface area contributed by atoms with Crippen LogP contribution in [0.5, 0.6) is 0 Å². The molecule has 0 fully saturated rings. The van der Waals surface area contributed by atoms with Gasteiger partial charge >= 0.3 is 5.97 Å². The summed E-state index contributed by atoms with van der Waals surface area (Å²) in [5, 5.41) is 10.9. The molecule has 0 aliphatic rings. The van der Waals surface area contributed by atoms with E-state index in [1.165, 1.54) is 7.11 Å². The maximum absolute atomic E-state index is 11.2. The third-order valence-electron chi connectivity index (χ3n) is 2.77. The van der Waals surface area contributed by atoms with Gasteiger partial charge < -0.3 is 14.6 Å². The number of carbonyl (C=O) groups is 1. The molecule has 0 saturated heterocycles. The molecular formula is C13H17N5O2. The van der Waals surface area contributed by atoms with Gasteiger partial charge in [0.1, 0.15) is 5.82 Å². The zero-order valence-electron chi connectivity index (χ0n) is 11.3. The van der Waals surface area contributed by atoms with Crippen molar-refractivity contribution in [2.45, 2.75) is 19.4 Å². The molecule has 1 N–H and O–H groups in total. The molecule has 0 atom stereocenters. The van der Waals surface area contributed by atoms with Crippen molar-refractivity contribution in [3.63, 3.8) is 0 Å². The van der Waals surface area contributed by atoms with Crippen LogP contribution in [0.25, 0.3) is 0 Å². The second-order valence-corrected chi connectivity index (χ2v) is 4.23. The highest BCUT2D eigenvalue weighted by Gasteiger charge is 2.06. The quantitative estimate of drug-likeness (QED) is 0.607. The minimum absolute atomic E-state index is 0.207. The number of aromatic nitrogens is 4. The Morgan fingerprint density at radius 2 is 2.25 bits per heavy atom. The van der Waals surface area contributed by atoms with E-state index in [1.54, 1.807) is 18.3 Å². The number of hydrogen-bond donors (Lipinski definition) is 1. The molecular weight excluding hydrogens is 258 g/mol. The van der Waals surface area contributed by atoms with Crippen LogP contribution >= 0.6 is 0 Å². The molecule has 2 heterocycles. The Labute approximate surface area is 117 Å². The van der Waals surface area contributed by atoms with Crippen LogP contribution in [0.1, 0.15) is 23.3 Å². The van der Waals surface area contributed by atoms with Crippen molar-refractivity contribution in [1.29, 1.82) is 0 Å². The third-order valence-corrected chi connectivity index (χ3v) is 2.77. The lowest BCUT2D eigenvalue weighted by molar-refractivity contribution is 0.0593. The average Bonchev–Trinajstić information content (AvgIpc) is 3.00. The zero-order valence-corrected chi connectivity index (χ0v) is 11.3. The molecule has 0 aliphatic heterocycles. The predicted octanol–water partition coefficient (Wildman–Crippen LogP) is 1.35. The number of methoxy groups -OCH3 is 1. The van der Waals surface area contributed by atoms with E-state index in [2.05, 4.69) is 25.2 Å². The second kappa shape index (κ2) is 7.22. The van der Waals surface area contributed by atoms with Gasteiger partial charge in [0.25, 0.3) is 0 Å². The van der Waals surface area contributed by atoms with Crippen LogP contribution in [0.15, 0.2) is 30.9 Å². The summed E-state index contributed by atoms with van der Waals surface area (Å²) in [7, 11) is 1.32. The molecule has 0 aromatic carbocycles. The highest BCUT2D eigenvalue weighted by Crippen LogP contribution is 2.04. The van der Waals surface area contributed by atoms with Crippen molar-refractivity contribution in [3.05, 3.63) is 36.5 Å². The van der Waals surface area contributed by atoms with Gasteiger partial charge in [-0.05, 0) is 25.0 Å². The lowest BCUT2D eigenvalue weighted by Crippen LogP contribution is -2.09. The summed E-state index contributed by atoms with van der Waals surface area (Å²) in [6.45, 7) is 1.76. The maximum Gasteiger partial charge on any atom is 0.358 e. The van der Waals surface area contributed by atoms with Crippen molar-refractivity contribution in [3.8, 4) is 0 Å². The fraction of sp³-hybridized carbons (Fsp3) is 0.385.